The molecule has 109 valence electrons. The summed E-state index contributed by atoms with van der Waals surface area (Å²) in [6.07, 6.45) is 1.40. The molecule has 0 aromatic rings. The fourth-order valence-electron chi connectivity index (χ4n) is 1.84. The van der Waals surface area contributed by atoms with E-state index in [9.17, 15) is 10.2 Å². The molecule has 2 N–H and O–H groups in total. The highest BCUT2D eigenvalue weighted by Crippen LogP contribution is 2.19. The predicted octanol–water partition coefficient (Wildman–Crippen LogP) is 0.967. The van der Waals surface area contributed by atoms with Crippen molar-refractivity contribution >= 4 is 26.9 Å². The molecule has 0 rings (SSSR count). The van der Waals surface area contributed by atoms with Gasteiger partial charge in [0.1, 0.15) is 5.91 Å². The van der Waals surface area contributed by atoms with E-state index >= 15 is 0 Å². The highest BCUT2D eigenvalue weighted by Gasteiger charge is 2.37. The van der Waals surface area contributed by atoms with Crippen LogP contribution in [0.15, 0.2) is 0 Å². The fraction of sp³-hybridized carbons (Fsp3) is 1.00. The van der Waals surface area contributed by atoms with Crippen LogP contribution in [0.1, 0.15) is 26.7 Å². The number of rotatable bonds is 8. The first-order valence-corrected chi connectivity index (χ1v) is 13.4. The molecule has 0 heterocycles. The van der Waals surface area contributed by atoms with Gasteiger partial charge in [-0.1, -0.05) is 13.8 Å². The van der Waals surface area contributed by atoms with Gasteiger partial charge in [-0.3, -0.25) is 0 Å². The van der Waals surface area contributed by atoms with Gasteiger partial charge in [0, 0.05) is 0 Å². The second-order valence-corrected chi connectivity index (χ2v) is 14.6. The molecule has 18 heavy (non-hydrogen) atoms. The van der Waals surface area contributed by atoms with Crippen molar-refractivity contribution in [3.05, 3.63) is 0 Å². The van der Waals surface area contributed by atoms with Gasteiger partial charge in [0.15, 0.2) is 0 Å². The Labute approximate surface area is 116 Å². The molecule has 0 saturated carbocycles. The molecular weight excluding hydrogens is 280 g/mol. The summed E-state index contributed by atoms with van der Waals surface area (Å²) < 4.78 is 11.8. The van der Waals surface area contributed by atoms with Crippen molar-refractivity contribution in [3.63, 3.8) is 0 Å². The molecule has 0 saturated heterocycles. The second kappa shape index (κ2) is 7.32. The van der Waals surface area contributed by atoms with Crippen LogP contribution < -0.4 is 0 Å². The van der Waals surface area contributed by atoms with E-state index in [0.29, 0.717) is 12.8 Å². The van der Waals surface area contributed by atoms with Crippen LogP contribution in [-0.4, -0.2) is 54.5 Å². The van der Waals surface area contributed by atoms with E-state index in [1.807, 2.05) is 40.0 Å². The van der Waals surface area contributed by atoms with Crippen molar-refractivity contribution in [1.29, 1.82) is 0 Å². The standard InChI is InChI=1S/C11H29O4Si3/c1-7-9(12)17(3,4)14-11(16)15-18(5,6)10(13)8-2/h9-13H,7-8,16H2,1-6H3. The van der Waals surface area contributed by atoms with Gasteiger partial charge in [0.25, 0.3) is 0 Å². The van der Waals surface area contributed by atoms with Gasteiger partial charge in [-0.15, -0.1) is 0 Å². The van der Waals surface area contributed by atoms with E-state index in [2.05, 4.69) is 0 Å². The first kappa shape index (κ1) is 18.5. The van der Waals surface area contributed by atoms with Crippen LogP contribution in [0.4, 0.5) is 0 Å². The Morgan fingerprint density at radius 1 is 0.889 bits per heavy atom. The van der Waals surface area contributed by atoms with E-state index in [-0.39, 0.29) is 17.4 Å². The summed E-state index contributed by atoms with van der Waals surface area (Å²) in [7, 11) is -2.64. The fourth-order valence-corrected chi connectivity index (χ4v) is 8.25. The summed E-state index contributed by atoms with van der Waals surface area (Å²) in [6.45, 7) is 11.9. The number of aliphatic hydroxyl groups is 2. The van der Waals surface area contributed by atoms with E-state index in [0.717, 1.165) is 0 Å². The Kier molecular flexibility index (Phi) is 7.52. The maximum absolute atomic E-state index is 9.93. The lowest BCUT2D eigenvalue weighted by Crippen LogP contribution is -2.53. The Balaban J connectivity index is 4.47. The van der Waals surface area contributed by atoms with Crippen LogP contribution in [0.2, 0.25) is 26.2 Å². The molecule has 0 aromatic carbocycles. The molecule has 2 atom stereocenters. The molecule has 0 aliphatic heterocycles. The lowest BCUT2D eigenvalue weighted by Gasteiger charge is -2.36. The first-order chi connectivity index (χ1) is 8.06. The van der Waals surface area contributed by atoms with Crippen molar-refractivity contribution in [2.75, 3.05) is 0 Å². The van der Waals surface area contributed by atoms with Gasteiger partial charge in [0.05, 0.1) is 21.7 Å². The number of hydrogen-bond acceptors (Lipinski definition) is 4. The normalized spacial score (nSPS) is 18.5. The van der Waals surface area contributed by atoms with Crippen LogP contribution in [0.3, 0.4) is 0 Å². The number of aliphatic hydroxyl groups excluding tert-OH is 2. The second-order valence-electron chi connectivity index (χ2n) is 5.72. The van der Waals surface area contributed by atoms with E-state index in [4.69, 9.17) is 8.85 Å². The molecule has 0 amide bonds. The molecule has 4 nitrogen and oxygen atoms in total. The summed E-state index contributed by atoms with van der Waals surface area (Å²) in [6, 6.07) is 0. The molecule has 0 bridgehead atoms. The first-order valence-electron chi connectivity index (χ1n) is 6.61. The van der Waals surface area contributed by atoms with Crippen molar-refractivity contribution in [2.45, 2.75) is 70.2 Å². The minimum atomic E-state index is -2.14. The van der Waals surface area contributed by atoms with Crippen molar-refractivity contribution in [2.24, 2.45) is 0 Å². The molecule has 7 heteroatoms. The minimum Gasteiger partial charge on any atom is -0.395 e. The van der Waals surface area contributed by atoms with Crippen molar-refractivity contribution in [1.82, 2.24) is 0 Å². The SMILES string of the molecule is CCC(O)[Si](C)(C)OC([SiH2])O[Si](C)(C)C(O)CC. The Morgan fingerprint density at radius 3 is 1.39 bits per heavy atom. The monoisotopic (exact) mass is 309 g/mol. The van der Waals surface area contributed by atoms with E-state index < -0.39 is 16.6 Å². The van der Waals surface area contributed by atoms with Crippen molar-refractivity contribution < 1.29 is 19.1 Å². The van der Waals surface area contributed by atoms with Gasteiger partial charge >= 0.3 is 0 Å². The third-order valence-electron chi connectivity index (χ3n) is 3.25. The largest absolute Gasteiger partial charge is 0.395 e. The smallest absolute Gasteiger partial charge is 0.217 e. The maximum atomic E-state index is 9.93. The van der Waals surface area contributed by atoms with Gasteiger partial charge in [-0.25, -0.2) is 0 Å². The molecule has 0 aliphatic carbocycles. The average molecular weight is 310 g/mol. The third kappa shape index (κ3) is 5.64. The Morgan fingerprint density at radius 2 is 1.17 bits per heavy atom. The molecule has 0 fully saturated rings. The minimum absolute atomic E-state index is 0.337. The van der Waals surface area contributed by atoms with Crippen LogP contribution in [0.25, 0.3) is 0 Å². The van der Waals surface area contributed by atoms with E-state index in [1.165, 1.54) is 0 Å². The Bertz CT molecular complexity index is 224. The van der Waals surface area contributed by atoms with Gasteiger partial charge in [0.2, 0.25) is 16.6 Å². The zero-order valence-electron chi connectivity index (χ0n) is 12.6. The molecule has 1 radical (unpaired) electrons. The Hall–Kier alpha value is 0.491. The van der Waals surface area contributed by atoms with Gasteiger partial charge in [-0.2, -0.15) is 0 Å². The van der Waals surface area contributed by atoms with Crippen LogP contribution >= 0.6 is 0 Å². The summed E-state index contributed by atoms with van der Waals surface area (Å²) >= 11 is 0. The zero-order chi connectivity index (χ0) is 14.6. The maximum Gasteiger partial charge on any atom is 0.217 e. The van der Waals surface area contributed by atoms with Gasteiger partial charge < -0.3 is 19.1 Å². The van der Waals surface area contributed by atoms with Crippen molar-refractivity contribution in [3.8, 4) is 0 Å². The molecule has 0 spiro atoms. The summed E-state index contributed by atoms with van der Waals surface area (Å²) in [5.74, 6) is -0.337. The molecule has 2 unspecified atom stereocenters. The lowest BCUT2D eigenvalue weighted by atomic mass is 10.5. The molecule has 0 aliphatic rings. The van der Waals surface area contributed by atoms with Crippen LogP contribution in [-0.2, 0) is 8.85 Å². The van der Waals surface area contributed by atoms with Gasteiger partial charge in [-0.05, 0) is 39.0 Å². The molecule has 0 aromatic heterocycles. The summed E-state index contributed by atoms with van der Waals surface area (Å²) in [5.41, 5.74) is -0.761. The summed E-state index contributed by atoms with van der Waals surface area (Å²) in [5, 5.41) is 19.9. The predicted molar refractivity (Wildman–Crippen MR) is 82.1 cm³/mol. The topological polar surface area (TPSA) is 58.9 Å². The quantitative estimate of drug-likeness (QED) is 0.518. The zero-order valence-corrected chi connectivity index (χ0v) is 16.0. The van der Waals surface area contributed by atoms with E-state index in [1.54, 1.807) is 10.2 Å². The average Bonchev–Trinajstić information content (AvgIpc) is 2.24. The lowest BCUT2D eigenvalue weighted by molar-refractivity contribution is 0.0364. The summed E-state index contributed by atoms with van der Waals surface area (Å²) in [4.78, 5) is 0. The van der Waals surface area contributed by atoms with Crippen LogP contribution in [0.5, 0.6) is 0 Å². The van der Waals surface area contributed by atoms with Crippen LogP contribution in [0, 0.1) is 0 Å². The highest BCUT2D eigenvalue weighted by atomic mass is 28.4. The number of hydrogen-bond donors (Lipinski definition) is 2. The highest BCUT2D eigenvalue weighted by molar-refractivity contribution is 6.74. The molecular formula is C11H29O4Si3. The third-order valence-corrected chi connectivity index (χ3v) is 10.0.